The van der Waals surface area contributed by atoms with Crippen molar-refractivity contribution in [1.29, 1.82) is 5.26 Å². The quantitative estimate of drug-likeness (QED) is 0.624. The number of hydrogen-bond acceptors (Lipinski definition) is 6. The number of aromatic amines is 1. The molecule has 0 spiro atoms. The summed E-state index contributed by atoms with van der Waals surface area (Å²) in [5.74, 6) is 0.370. The fraction of sp³-hybridized carbons (Fsp3) is 0. The predicted molar refractivity (Wildman–Crippen MR) is 60.4 cm³/mol. The molecule has 0 amide bonds. The van der Waals surface area contributed by atoms with E-state index in [0.717, 1.165) is 4.52 Å². The Bertz CT molecular complexity index is 821. The maximum atomic E-state index is 12.1. The van der Waals surface area contributed by atoms with Crippen LogP contribution in [0.4, 0.5) is 5.82 Å². The lowest BCUT2D eigenvalue weighted by Crippen LogP contribution is -2.19. The minimum Gasteiger partial charge on any atom is -0.462 e. The van der Waals surface area contributed by atoms with E-state index in [1.807, 2.05) is 6.07 Å². The summed E-state index contributed by atoms with van der Waals surface area (Å²) >= 11 is 0. The van der Waals surface area contributed by atoms with Gasteiger partial charge in [-0.15, -0.1) is 10.2 Å². The summed E-state index contributed by atoms with van der Waals surface area (Å²) < 4.78 is 6.15. The highest BCUT2D eigenvalue weighted by molar-refractivity contribution is 5.66. The molecular formula is C10H6N6O2. The van der Waals surface area contributed by atoms with Gasteiger partial charge >= 0.3 is 5.56 Å². The lowest BCUT2D eigenvalue weighted by atomic mass is 10.3. The summed E-state index contributed by atoms with van der Waals surface area (Å²) in [5.41, 5.74) is 5.32. The van der Waals surface area contributed by atoms with Crippen LogP contribution in [0.1, 0.15) is 5.56 Å². The van der Waals surface area contributed by atoms with Gasteiger partial charge < -0.3 is 10.2 Å². The van der Waals surface area contributed by atoms with Gasteiger partial charge in [-0.2, -0.15) is 9.78 Å². The molecule has 18 heavy (non-hydrogen) atoms. The van der Waals surface area contributed by atoms with Crippen LogP contribution in [0.25, 0.3) is 17.1 Å². The second-order valence-electron chi connectivity index (χ2n) is 3.50. The number of fused-ring (bicyclic) bond motifs is 1. The number of anilines is 1. The molecule has 0 saturated carbocycles. The van der Waals surface area contributed by atoms with Crippen molar-refractivity contribution in [3.8, 4) is 17.5 Å². The topological polar surface area (TPSA) is 126 Å². The van der Waals surface area contributed by atoms with Crippen LogP contribution in [0, 0.1) is 11.3 Å². The van der Waals surface area contributed by atoms with E-state index in [1.54, 1.807) is 12.1 Å². The molecule has 0 aliphatic carbocycles. The second kappa shape index (κ2) is 3.46. The molecule has 88 valence electrons. The first-order valence-electron chi connectivity index (χ1n) is 4.93. The molecule has 3 rings (SSSR count). The third kappa shape index (κ3) is 1.21. The molecule has 8 nitrogen and oxygen atoms in total. The van der Waals surface area contributed by atoms with E-state index >= 15 is 0 Å². The largest absolute Gasteiger partial charge is 0.462 e. The third-order valence-electron chi connectivity index (χ3n) is 2.45. The van der Waals surface area contributed by atoms with Gasteiger partial charge in [-0.3, -0.25) is 9.89 Å². The molecule has 8 heteroatoms. The van der Waals surface area contributed by atoms with E-state index in [4.69, 9.17) is 15.4 Å². The zero-order valence-electron chi connectivity index (χ0n) is 8.91. The number of nitrogens with two attached hydrogens (primary N) is 1. The lowest BCUT2D eigenvalue weighted by molar-refractivity contribution is 0.576. The number of furan rings is 1. The standard InChI is InChI=1S/C10H6N6O2/c11-4-5-8(12)15-16-9(5)14-13-7(10(16)17)6-2-1-3-18-6/h1-3,15H,12H2. The lowest BCUT2D eigenvalue weighted by Gasteiger charge is -1.95. The van der Waals surface area contributed by atoms with Crippen LogP contribution in [0.3, 0.4) is 0 Å². The van der Waals surface area contributed by atoms with Crippen molar-refractivity contribution in [2.24, 2.45) is 0 Å². The highest BCUT2D eigenvalue weighted by Gasteiger charge is 2.17. The first kappa shape index (κ1) is 10.1. The predicted octanol–water partition coefficient (Wildman–Crippen LogP) is 0.131. The van der Waals surface area contributed by atoms with Gasteiger partial charge in [0.2, 0.25) is 0 Å². The Kier molecular flexibility index (Phi) is 1.94. The van der Waals surface area contributed by atoms with Crippen molar-refractivity contribution >= 4 is 11.5 Å². The maximum absolute atomic E-state index is 12.1. The molecule has 0 unspecified atom stereocenters. The van der Waals surface area contributed by atoms with Gasteiger partial charge in [0.1, 0.15) is 17.5 Å². The number of nitrogens with zero attached hydrogens (tertiary/aromatic N) is 4. The Hall–Kier alpha value is -3.08. The Morgan fingerprint density at radius 2 is 2.33 bits per heavy atom. The minimum absolute atomic E-state index is 0.0447. The normalized spacial score (nSPS) is 10.6. The molecule has 0 radical (unpaired) electrons. The molecule has 3 aromatic heterocycles. The van der Waals surface area contributed by atoms with Gasteiger partial charge in [0, 0.05) is 0 Å². The number of nitrogens with one attached hydrogen (secondary N) is 1. The van der Waals surface area contributed by atoms with Crippen molar-refractivity contribution in [2.75, 3.05) is 5.73 Å². The number of hydrogen-bond donors (Lipinski definition) is 2. The van der Waals surface area contributed by atoms with Crippen molar-refractivity contribution in [3.05, 3.63) is 34.3 Å². The summed E-state index contributed by atoms with van der Waals surface area (Å²) in [7, 11) is 0. The molecule has 0 aliphatic heterocycles. The van der Waals surface area contributed by atoms with Gasteiger partial charge in [0.25, 0.3) is 0 Å². The average Bonchev–Trinajstić information content (AvgIpc) is 2.97. The number of nitriles is 1. The van der Waals surface area contributed by atoms with E-state index in [0.29, 0.717) is 5.76 Å². The molecule has 3 N–H and O–H groups in total. The van der Waals surface area contributed by atoms with Crippen LogP contribution in [0.15, 0.2) is 27.6 Å². The molecule has 0 saturated heterocycles. The SMILES string of the molecule is N#Cc1c(N)[nH]n2c(=O)c(-c3ccco3)nnc12. The fourth-order valence-electron chi connectivity index (χ4n) is 1.63. The Morgan fingerprint density at radius 3 is 3.00 bits per heavy atom. The molecule has 0 fully saturated rings. The van der Waals surface area contributed by atoms with Gasteiger partial charge in [-0.25, -0.2) is 0 Å². The Morgan fingerprint density at radius 1 is 1.50 bits per heavy atom. The summed E-state index contributed by atoms with van der Waals surface area (Å²) in [4.78, 5) is 12.1. The summed E-state index contributed by atoms with van der Waals surface area (Å²) in [6.45, 7) is 0. The Labute approximate surface area is 99.3 Å². The van der Waals surface area contributed by atoms with E-state index in [9.17, 15) is 4.79 Å². The maximum Gasteiger partial charge on any atom is 0.302 e. The van der Waals surface area contributed by atoms with Crippen molar-refractivity contribution < 1.29 is 4.42 Å². The monoisotopic (exact) mass is 242 g/mol. The van der Waals surface area contributed by atoms with Crippen molar-refractivity contribution in [2.45, 2.75) is 0 Å². The zero-order chi connectivity index (χ0) is 12.7. The number of nitrogen functional groups attached to an aromatic ring is 1. The molecule has 3 aromatic rings. The van der Waals surface area contributed by atoms with Gasteiger partial charge in [0.15, 0.2) is 17.1 Å². The van der Waals surface area contributed by atoms with Crippen LogP contribution in [0.2, 0.25) is 0 Å². The zero-order valence-corrected chi connectivity index (χ0v) is 8.91. The second-order valence-corrected chi connectivity index (χ2v) is 3.50. The number of aromatic nitrogens is 4. The summed E-state index contributed by atoms with van der Waals surface area (Å²) in [6, 6.07) is 5.08. The summed E-state index contributed by atoms with van der Waals surface area (Å²) in [5, 5.41) is 19.0. The highest BCUT2D eigenvalue weighted by Crippen LogP contribution is 2.15. The molecule has 3 heterocycles. The molecule has 0 bridgehead atoms. The van der Waals surface area contributed by atoms with Gasteiger partial charge in [0.05, 0.1) is 6.26 Å². The van der Waals surface area contributed by atoms with Crippen LogP contribution in [-0.4, -0.2) is 19.8 Å². The fourth-order valence-corrected chi connectivity index (χ4v) is 1.63. The smallest absolute Gasteiger partial charge is 0.302 e. The van der Waals surface area contributed by atoms with E-state index in [-0.39, 0.29) is 22.7 Å². The first-order valence-corrected chi connectivity index (χ1v) is 4.93. The highest BCUT2D eigenvalue weighted by atomic mass is 16.3. The van der Waals surface area contributed by atoms with Crippen LogP contribution in [0.5, 0.6) is 0 Å². The van der Waals surface area contributed by atoms with E-state index in [1.165, 1.54) is 6.26 Å². The van der Waals surface area contributed by atoms with Gasteiger partial charge in [-0.1, -0.05) is 0 Å². The van der Waals surface area contributed by atoms with Crippen LogP contribution in [-0.2, 0) is 0 Å². The third-order valence-corrected chi connectivity index (χ3v) is 2.45. The molecule has 0 aliphatic rings. The minimum atomic E-state index is -0.483. The van der Waals surface area contributed by atoms with Crippen LogP contribution < -0.4 is 11.3 Å². The molecule has 0 atom stereocenters. The van der Waals surface area contributed by atoms with Crippen LogP contribution >= 0.6 is 0 Å². The molecule has 0 aromatic carbocycles. The Balaban J connectivity index is 2.39. The van der Waals surface area contributed by atoms with Gasteiger partial charge in [-0.05, 0) is 12.1 Å². The van der Waals surface area contributed by atoms with E-state index < -0.39 is 5.56 Å². The number of rotatable bonds is 1. The summed E-state index contributed by atoms with van der Waals surface area (Å²) in [6.07, 6.45) is 1.43. The number of H-pyrrole nitrogens is 1. The van der Waals surface area contributed by atoms with Crippen molar-refractivity contribution in [1.82, 2.24) is 19.8 Å². The average molecular weight is 242 g/mol. The van der Waals surface area contributed by atoms with Crippen molar-refractivity contribution in [3.63, 3.8) is 0 Å². The van der Waals surface area contributed by atoms with E-state index in [2.05, 4.69) is 15.3 Å². The first-order chi connectivity index (χ1) is 8.72. The molecular weight excluding hydrogens is 236 g/mol.